The predicted octanol–water partition coefficient (Wildman–Crippen LogP) is 0.327. The maximum atomic E-state index is 11.8. The van der Waals surface area contributed by atoms with Crippen LogP contribution in [0, 0.1) is 5.41 Å². The first-order chi connectivity index (χ1) is 13.5. The molecule has 28 heavy (non-hydrogen) atoms. The number of hydrogen-bond acceptors (Lipinski definition) is 8. The molecular weight excluding hydrogens is 364 g/mol. The van der Waals surface area contributed by atoms with Crippen LogP contribution in [0.2, 0.25) is 0 Å². The Kier molecular flexibility index (Phi) is 3.72. The van der Waals surface area contributed by atoms with Crippen LogP contribution in [-0.4, -0.2) is 57.3 Å². The lowest BCUT2D eigenvalue weighted by atomic mass is 9.89. The van der Waals surface area contributed by atoms with Crippen molar-refractivity contribution in [3.05, 3.63) is 17.5 Å². The largest absolute Gasteiger partial charge is 0.380 e. The fourth-order valence-corrected chi connectivity index (χ4v) is 3.06. The molecule has 2 aromatic heterocycles. The molecule has 146 valence electrons. The maximum Gasteiger partial charge on any atom is 0.326 e. The number of carbonyl (C=O) groups excluding carboxylic acids is 2. The number of anilines is 2. The number of rotatable bonds is 6. The van der Waals surface area contributed by atoms with Gasteiger partial charge in [0.1, 0.15) is 5.70 Å². The van der Waals surface area contributed by atoms with Crippen LogP contribution in [0.1, 0.15) is 25.3 Å². The topological polar surface area (TPSA) is 135 Å². The molecular formula is C17H20N8O3. The van der Waals surface area contributed by atoms with Crippen LogP contribution in [0.25, 0.3) is 11.7 Å². The minimum atomic E-state index is -0.545. The monoisotopic (exact) mass is 384 g/mol. The van der Waals surface area contributed by atoms with Crippen LogP contribution in [0.4, 0.5) is 16.7 Å². The lowest BCUT2D eigenvalue weighted by Gasteiger charge is -2.38. The second kappa shape index (κ2) is 6.16. The first-order valence-corrected chi connectivity index (χ1v) is 9.17. The number of fused-ring (bicyclic) bond motifs is 1. The van der Waals surface area contributed by atoms with Crippen molar-refractivity contribution in [1.82, 2.24) is 30.2 Å². The van der Waals surface area contributed by atoms with E-state index in [0.29, 0.717) is 48.9 Å². The summed E-state index contributed by atoms with van der Waals surface area (Å²) in [4.78, 5) is 32.3. The number of imide groups is 1. The van der Waals surface area contributed by atoms with E-state index in [1.807, 2.05) is 0 Å². The van der Waals surface area contributed by atoms with Crippen LogP contribution < -0.4 is 21.3 Å². The van der Waals surface area contributed by atoms with Gasteiger partial charge < -0.3 is 20.7 Å². The zero-order valence-corrected chi connectivity index (χ0v) is 15.3. The van der Waals surface area contributed by atoms with Crippen LogP contribution in [0.5, 0.6) is 0 Å². The average molecular weight is 384 g/mol. The summed E-state index contributed by atoms with van der Waals surface area (Å²) in [5.41, 5.74) is 1.37. The molecule has 11 heteroatoms. The van der Waals surface area contributed by atoms with Crippen molar-refractivity contribution in [3.63, 3.8) is 0 Å². The number of aromatic nitrogens is 4. The van der Waals surface area contributed by atoms with Crippen LogP contribution in [-0.2, 0) is 9.53 Å². The molecule has 0 bridgehead atoms. The highest BCUT2D eigenvalue weighted by molar-refractivity contribution is 6.14. The van der Waals surface area contributed by atoms with E-state index in [2.05, 4.69) is 43.3 Å². The van der Waals surface area contributed by atoms with Gasteiger partial charge in [-0.1, -0.05) is 6.92 Å². The summed E-state index contributed by atoms with van der Waals surface area (Å²) in [5.74, 6) is 0.587. The van der Waals surface area contributed by atoms with Crippen LogP contribution in [0.15, 0.2) is 11.9 Å². The molecule has 3 aliphatic rings. The summed E-state index contributed by atoms with van der Waals surface area (Å²) in [6.07, 6.45) is 5.33. The number of amides is 3. The van der Waals surface area contributed by atoms with Gasteiger partial charge in [0.25, 0.3) is 5.91 Å². The summed E-state index contributed by atoms with van der Waals surface area (Å²) < 4.78 is 6.90. The van der Waals surface area contributed by atoms with Gasteiger partial charge in [-0.15, -0.1) is 0 Å². The van der Waals surface area contributed by atoms with Crippen molar-refractivity contribution in [2.24, 2.45) is 5.41 Å². The van der Waals surface area contributed by atoms with Crippen molar-refractivity contribution in [2.75, 3.05) is 30.4 Å². The minimum absolute atomic E-state index is 0.0663. The van der Waals surface area contributed by atoms with Crippen molar-refractivity contribution in [2.45, 2.75) is 25.8 Å². The van der Waals surface area contributed by atoms with E-state index in [1.165, 1.54) is 0 Å². The van der Waals surface area contributed by atoms with E-state index >= 15 is 0 Å². The second-order valence-corrected chi connectivity index (χ2v) is 7.75. The molecule has 3 amide bonds. The van der Waals surface area contributed by atoms with Gasteiger partial charge in [0.15, 0.2) is 5.65 Å². The van der Waals surface area contributed by atoms with Gasteiger partial charge in [-0.2, -0.15) is 19.6 Å². The Bertz CT molecular complexity index is 1010. The number of carbonyl (C=O) groups is 2. The first kappa shape index (κ1) is 16.9. The molecule has 2 aliphatic heterocycles. The molecule has 11 nitrogen and oxygen atoms in total. The third-order valence-corrected chi connectivity index (χ3v) is 4.90. The number of nitrogens with one attached hydrogen (secondary N) is 4. The molecule has 4 heterocycles. The summed E-state index contributed by atoms with van der Waals surface area (Å²) in [6.45, 7) is 4.24. The van der Waals surface area contributed by atoms with Gasteiger partial charge in [-0.25, -0.2) is 4.79 Å². The molecule has 0 aromatic carbocycles. The Labute approximate surface area is 159 Å². The predicted molar refractivity (Wildman–Crippen MR) is 99.5 cm³/mol. The zero-order valence-electron chi connectivity index (χ0n) is 15.3. The van der Waals surface area contributed by atoms with Gasteiger partial charge in [0.2, 0.25) is 11.9 Å². The van der Waals surface area contributed by atoms with Gasteiger partial charge >= 0.3 is 6.03 Å². The molecule has 3 fully saturated rings. The second-order valence-electron chi connectivity index (χ2n) is 7.75. The van der Waals surface area contributed by atoms with Crippen LogP contribution >= 0.6 is 0 Å². The molecule has 0 unspecified atom stereocenters. The third-order valence-electron chi connectivity index (χ3n) is 4.90. The highest BCUT2D eigenvalue weighted by atomic mass is 16.5. The highest BCUT2D eigenvalue weighted by Gasteiger charge is 2.33. The quantitative estimate of drug-likeness (QED) is 0.413. The van der Waals surface area contributed by atoms with E-state index < -0.39 is 11.9 Å². The number of urea groups is 1. The summed E-state index contributed by atoms with van der Waals surface area (Å²) in [7, 11) is 0. The fraction of sp³-hybridized carbons (Fsp3) is 0.471. The molecule has 1 aliphatic carbocycles. The Balaban J connectivity index is 1.50. The van der Waals surface area contributed by atoms with Gasteiger partial charge in [-0.3, -0.25) is 10.1 Å². The summed E-state index contributed by atoms with van der Waals surface area (Å²) >= 11 is 0. The molecule has 1 saturated carbocycles. The van der Waals surface area contributed by atoms with E-state index in [4.69, 9.17) is 4.74 Å². The molecule has 4 N–H and O–H groups in total. The highest BCUT2D eigenvalue weighted by Crippen LogP contribution is 2.28. The van der Waals surface area contributed by atoms with E-state index in [9.17, 15) is 9.59 Å². The van der Waals surface area contributed by atoms with Crippen molar-refractivity contribution in [3.8, 4) is 0 Å². The molecule has 0 spiro atoms. The summed E-state index contributed by atoms with van der Waals surface area (Å²) in [6, 6.07) is -0.161. The Morgan fingerprint density at radius 2 is 2.14 bits per heavy atom. The Morgan fingerprint density at radius 3 is 2.79 bits per heavy atom. The normalized spacial score (nSPS) is 22.1. The van der Waals surface area contributed by atoms with E-state index in [1.54, 1.807) is 16.8 Å². The fourth-order valence-electron chi connectivity index (χ4n) is 3.06. The van der Waals surface area contributed by atoms with Gasteiger partial charge in [-0.05, 0) is 18.9 Å². The number of nitrogens with zero attached hydrogens (tertiary/aromatic N) is 4. The third kappa shape index (κ3) is 3.13. The van der Waals surface area contributed by atoms with Gasteiger partial charge in [0.05, 0.1) is 19.4 Å². The number of ether oxygens (including phenoxy) is 1. The molecule has 2 saturated heterocycles. The Morgan fingerprint density at radius 1 is 1.32 bits per heavy atom. The maximum absolute atomic E-state index is 11.8. The van der Waals surface area contributed by atoms with Gasteiger partial charge in [0, 0.05) is 23.6 Å². The molecule has 5 rings (SSSR count). The van der Waals surface area contributed by atoms with Crippen molar-refractivity contribution in [1.29, 1.82) is 0 Å². The molecule has 0 atom stereocenters. The minimum Gasteiger partial charge on any atom is -0.380 e. The smallest absolute Gasteiger partial charge is 0.326 e. The lowest BCUT2D eigenvalue weighted by Crippen LogP contribution is -2.45. The van der Waals surface area contributed by atoms with Crippen LogP contribution in [0.3, 0.4) is 0 Å². The van der Waals surface area contributed by atoms with E-state index in [0.717, 1.165) is 12.8 Å². The first-order valence-electron chi connectivity index (χ1n) is 9.17. The Hall–Kier alpha value is -3.21. The lowest BCUT2D eigenvalue weighted by molar-refractivity contribution is -0.115. The average Bonchev–Trinajstić information content (AvgIpc) is 3.27. The zero-order chi connectivity index (χ0) is 19.3. The number of hydrogen-bond donors (Lipinski definition) is 4. The van der Waals surface area contributed by atoms with Crippen molar-refractivity contribution < 1.29 is 14.3 Å². The SMILES string of the molecule is CC1(CNc2nc(NC3CC3)n3ncc(/C=C4\NC(=O)NC4=O)c3n2)COC1. The van der Waals surface area contributed by atoms with Crippen molar-refractivity contribution >= 4 is 35.6 Å². The molecule has 0 radical (unpaired) electrons. The summed E-state index contributed by atoms with van der Waals surface area (Å²) in [5, 5.41) is 15.7. The molecule has 2 aromatic rings. The van der Waals surface area contributed by atoms with E-state index in [-0.39, 0.29) is 11.1 Å². The standard InChI is InChI=1S/C17H20N8O3/c1-17(7-28-8-17)6-18-14-22-12-9(4-11-13(26)23-16(27)21-11)5-19-25(12)15(24-14)20-10-2-3-10/h4-5,10H,2-3,6-8H2,1H3,(H2,18,20,22,24)(H2,21,23,26,27)/b11-4-.